The number of methoxy groups -OCH3 is 1. The molecular formula is C24H23N5O3S. The maximum absolute atomic E-state index is 11.8. The summed E-state index contributed by atoms with van der Waals surface area (Å²) >= 11 is 1.60. The van der Waals surface area contributed by atoms with E-state index in [2.05, 4.69) is 32.9 Å². The largest absolute Gasteiger partial charge is 0.493 e. The highest BCUT2D eigenvalue weighted by atomic mass is 32.1. The van der Waals surface area contributed by atoms with Crippen molar-refractivity contribution in [3.05, 3.63) is 54.8 Å². The fourth-order valence-electron chi connectivity index (χ4n) is 3.99. The highest BCUT2D eigenvalue weighted by molar-refractivity contribution is 7.16. The molecule has 1 aliphatic rings. The molecule has 33 heavy (non-hydrogen) atoms. The van der Waals surface area contributed by atoms with E-state index in [1.54, 1.807) is 23.3 Å². The van der Waals surface area contributed by atoms with Crippen LogP contribution >= 0.6 is 11.3 Å². The minimum absolute atomic E-state index is 0.0139. The Morgan fingerprint density at radius 1 is 1.15 bits per heavy atom. The maximum Gasteiger partial charge on any atom is 0.245 e. The number of carbonyl (C=O) groups excluding carboxylic acids is 1. The van der Waals surface area contributed by atoms with Crippen LogP contribution < -0.4 is 14.8 Å². The Balaban J connectivity index is 1.42. The molecule has 2 aromatic carbocycles. The number of fused-ring (bicyclic) bond motifs is 2. The molecule has 168 valence electrons. The van der Waals surface area contributed by atoms with Crippen LogP contribution in [0.5, 0.6) is 11.5 Å². The Kier molecular flexibility index (Phi) is 5.78. The number of hydrogen-bond acceptors (Lipinski definition) is 8. The number of thiazole rings is 1. The van der Waals surface area contributed by atoms with Gasteiger partial charge in [-0.15, -0.1) is 11.3 Å². The predicted octanol–water partition coefficient (Wildman–Crippen LogP) is 4.55. The van der Waals surface area contributed by atoms with Gasteiger partial charge < -0.3 is 19.7 Å². The number of ether oxygens (including phenoxy) is 2. The van der Waals surface area contributed by atoms with Gasteiger partial charge in [0.15, 0.2) is 11.5 Å². The minimum Gasteiger partial charge on any atom is -0.493 e. The standard InChI is InChI=1S/C24H23N5O3S/c1-3-23(30)29-8-6-16(7-9-29)32-21-11-17-19(12-20(21)31-2)25-13-26-24(17)28-15-4-5-18-22(10-15)33-14-27-18/h3-5,10-14,16H,1,6-9H2,2H3,(H,25,26,28). The third-order valence-corrected chi connectivity index (χ3v) is 6.53. The van der Waals surface area contributed by atoms with Gasteiger partial charge in [0.1, 0.15) is 18.2 Å². The average Bonchev–Trinajstić information content (AvgIpc) is 3.32. The van der Waals surface area contributed by atoms with Crippen LogP contribution in [0.1, 0.15) is 12.8 Å². The fourth-order valence-corrected chi connectivity index (χ4v) is 4.70. The Bertz CT molecular complexity index is 1330. The summed E-state index contributed by atoms with van der Waals surface area (Å²) in [5.41, 5.74) is 4.48. The molecule has 5 rings (SSSR count). The summed E-state index contributed by atoms with van der Waals surface area (Å²) in [6.45, 7) is 4.85. The van der Waals surface area contributed by atoms with E-state index < -0.39 is 0 Å². The number of piperidine rings is 1. The molecule has 1 amide bonds. The Hall–Kier alpha value is -3.72. The zero-order valence-electron chi connectivity index (χ0n) is 18.2. The van der Waals surface area contributed by atoms with Gasteiger partial charge in [0, 0.05) is 43.1 Å². The lowest BCUT2D eigenvalue weighted by atomic mass is 10.1. The van der Waals surface area contributed by atoms with Gasteiger partial charge in [-0.3, -0.25) is 4.79 Å². The number of hydrogen-bond donors (Lipinski definition) is 1. The molecule has 0 bridgehead atoms. The summed E-state index contributed by atoms with van der Waals surface area (Å²) in [7, 11) is 1.62. The van der Waals surface area contributed by atoms with Gasteiger partial charge in [0.05, 0.1) is 28.4 Å². The van der Waals surface area contributed by atoms with Crippen molar-refractivity contribution in [1.29, 1.82) is 0 Å². The van der Waals surface area contributed by atoms with Crippen LogP contribution in [-0.4, -0.2) is 52.1 Å². The monoisotopic (exact) mass is 461 g/mol. The van der Waals surface area contributed by atoms with Crippen LogP contribution in [0.25, 0.3) is 21.1 Å². The van der Waals surface area contributed by atoms with E-state index in [1.165, 1.54) is 12.4 Å². The van der Waals surface area contributed by atoms with Crippen molar-refractivity contribution in [3.8, 4) is 11.5 Å². The first-order valence-electron chi connectivity index (χ1n) is 10.7. The maximum atomic E-state index is 11.8. The summed E-state index contributed by atoms with van der Waals surface area (Å²) in [6, 6.07) is 9.80. The van der Waals surface area contributed by atoms with Crippen LogP contribution in [0.4, 0.5) is 11.5 Å². The molecule has 0 unspecified atom stereocenters. The average molecular weight is 462 g/mol. The van der Waals surface area contributed by atoms with Crippen LogP contribution in [0.15, 0.2) is 54.8 Å². The van der Waals surface area contributed by atoms with E-state index in [0.717, 1.165) is 39.6 Å². The molecule has 3 heterocycles. The Morgan fingerprint density at radius 2 is 2.00 bits per heavy atom. The van der Waals surface area contributed by atoms with Gasteiger partial charge in [-0.05, 0) is 30.3 Å². The molecule has 0 saturated carbocycles. The van der Waals surface area contributed by atoms with Crippen molar-refractivity contribution in [2.24, 2.45) is 0 Å². The van der Waals surface area contributed by atoms with Crippen molar-refractivity contribution in [2.45, 2.75) is 18.9 Å². The van der Waals surface area contributed by atoms with Gasteiger partial charge in [-0.2, -0.15) is 0 Å². The first kappa shape index (κ1) is 21.1. The number of likely N-dealkylation sites (tertiary alicyclic amines) is 1. The number of aromatic nitrogens is 3. The van der Waals surface area contributed by atoms with Gasteiger partial charge in [-0.1, -0.05) is 6.58 Å². The first-order chi connectivity index (χ1) is 16.1. The van der Waals surface area contributed by atoms with E-state index in [9.17, 15) is 4.79 Å². The molecule has 1 N–H and O–H groups in total. The molecule has 1 saturated heterocycles. The summed E-state index contributed by atoms with van der Waals surface area (Å²) in [4.78, 5) is 26.8. The van der Waals surface area contributed by atoms with E-state index >= 15 is 0 Å². The molecule has 1 fully saturated rings. The molecule has 0 aliphatic carbocycles. The van der Waals surface area contributed by atoms with E-state index in [-0.39, 0.29) is 12.0 Å². The lowest BCUT2D eigenvalue weighted by molar-refractivity contribution is -0.127. The van der Waals surface area contributed by atoms with Gasteiger partial charge in [-0.25, -0.2) is 15.0 Å². The van der Waals surface area contributed by atoms with Crippen LogP contribution in [0.3, 0.4) is 0 Å². The summed E-state index contributed by atoms with van der Waals surface area (Å²) in [5, 5.41) is 4.23. The molecular weight excluding hydrogens is 438 g/mol. The summed E-state index contributed by atoms with van der Waals surface area (Å²) in [5.74, 6) is 1.89. The van der Waals surface area contributed by atoms with Crippen LogP contribution in [0.2, 0.25) is 0 Å². The highest BCUT2D eigenvalue weighted by Crippen LogP contribution is 2.36. The molecule has 4 aromatic rings. The molecule has 0 spiro atoms. The van der Waals surface area contributed by atoms with Gasteiger partial charge in [0.25, 0.3) is 0 Å². The lowest BCUT2D eigenvalue weighted by Crippen LogP contribution is -2.41. The number of amides is 1. The van der Waals surface area contributed by atoms with Crippen LogP contribution in [-0.2, 0) is 4.79 Å². The van der Waals surface area contributed by atoms with Gasteiger partial charge in [0.2, 0.25) is 5.91 Å². The first-order valence-corrected chi connectivity index (χ1v) is 11.5. The topological polar surface area (TPSA) is 89.5 Å². The van der Waals surface area contributed by atoms with Gasteiger partial charge >= 0.3 is 0 Å². The Labute approximate surface area is 194 Å². The lowest BCUT2D eigenvalue weighted by Gasteiger charge is -2.31. The highest BCUT2D eigenvalue weighted by Gasteiger charge is 2.24. The number of rotatable bonds is 6. The molecule has 1 aliphatic heterocycles. The van der Waals surface area contributed by atoms with E-state index in [1.807, 2.05) is 29.8 Å². The van der Waals surface area contributed by atoms with Crippen molar-refractivity contribution in [2.75, 3.05) is 25.5 Å². The number of carbonyl (C=O) groups is 1. The third-order valence-electron chi connectivity index (χ3n) is 5.74. The smallest absolute Gasteiger partial charge is 0.245 e. The van der Waals surface area contributed by atoms with Crippen LogP contribution in [0, 0.1) is 0 Å². The predicted molar refractivity (Wildman–Crippen MR) is 129 cm³/mol. The molecule has 9 heteroatoms. The number of nitrogens with zero attached hydrogens (tertiary/aromatic N) is 4. The zero-order valence-corrected chi connectivity index (χ0v) is 19.0. The summed E-state index contributed by atoms with van der Waals surface area (Å²) < 4.78 is 13.0. The second kappa shape index (κ2) is 9.03. The van der Waals surface area contributed by atoms with E-state index in [4.69, 9.17) is 9.47 Å². The second-order valence-electron chi connectivity index (χ2n) is 7.75. The quantitative estimate of drug-likeness (QED) is 0.422. The van der Waals surface area contributed by atoms with E-state index in [0.29, 0.717) is 30.4 Å². The number of nitrogens with one attached hydrogen (secondary N) is 1. The third kappa shape index (κ3) is 4.31. The fraction of sp³-hybridized carbons (Fsp3) is 0.250. The van der Waals surface area contributed by atoms with Crippen molar-refractivity contribution in [3.63, 3.8) is 0 Å². The SMILES string of the molecule is C=CC(=O)N1CCC(Oc2cc3c(Nc4ccc5ncsc5c4)ncnc3cc2OC)CC1. The number of benzene rings is 2. The second-order valence-corrected chi connectivity index (χ2v) is 8.64. The molecule has 0 atom stereocenters. The number of anilines is 2. The normalized spacial score (nSPS) is 14.4. The minimum atomic E-state index is -0.0406. The summed E-state index contributed by atoms with van der Waals surface area (Å²) in [6.07, 6.45) is 4.36. The van der Waals surface area contributed by atoms with Crippen molar-refractivity contribution in [1.82, 2.24) is 19.9 Å². The Morgan fingerprint density at radius 3 is 2.79 bits per heavy atom. The molecule has 2 aromatic heterocycles. The zero-order chi connectivity index (χ0) is 22.8. The molecule has 0 radical (unpaired) electrons. The molecule has 8 nitrogen and oxygen atoms in total. The van der Waals surface area contributed by atoms with Crippen molar-refractivity contribution < 1.29 is 14.3 Å². The van der Waals surface area contributed by atoms with Crippen molar-refractivity contribution >= 4 is 49.9 Å².